The van der Waals surface area contributed by atoms with Crippen LogP contribution in [0.3, 0.4) is 0 Å². The van der Waals surface area contributed by atoms with Crippen LogP contribution >= 0.6 is 23.2 Å². The molecule has 3 nitrogen and oxygen atoms in total. The quantitative estimate of drug-likeness (QED) is 0.616. The highest BCUT2D eigenvalue weighted by Crippen LogP contribution is 2.36. The normalized spacial score (nSPS) is 16.7. The van der Waals surface area contributed by atoms with Crippen LogP contribution in [0.4, 0.5) is 5.69 Å². The number of ether oxygens (including phenoxy) is 1. The second kappa shape index (κ2) is 8.59. The number of halogens is 2. The molecule has 2 aromatic carbocycles. The first-order chi connectivity index (χ1) is 13.6. The standard InChI is InChI=1S/C23H22Cl2NO2/c24-19-12-17-11-18(14-28-22(17)21(25)13-19)23(27)26-20-8-6-16(7-9-20)10-15-4-2-1-3-5-15/h6-13,15H,1-5,14H2,(H,26,27). The Morgan fingerprint density at radius 2 is 1.82 bits per heavy atom. The minimum atomic E-state index is -0.189. The fourth-order valence-corrected chi connectivity index (χ4v) is 4.38. The van der Waals surface area contributed by atoms with E-state index < -0.39 is 0 Å². The first-order valence-electron chi connectivity index (χ1n) is 9.67. The molecule has 1 heterocycles. The summed E-state index contributed by atoms with van der Waals surface area (Å²) in [6.07, 6.45) is 10.7. The summed E-state index contributed by atoms with van der Waals surface area (Å²) in [4.78, 5) is 12.6. The zero-order chi connectivity index (χ0) is 19.5. The fraction of sp³-hybridized carbons (Fsp3) is 0.304. The largest absolute Gasteiger partial charge is 0.486 e. The second-order valence-electron chi connectivity index (χ2n) is 7.41. The van der Waals surface area contributed by atoms with E-state index in [0.717, 1.165) is 5.69 Å². The van der Waals surface area contributed by atoms with E-state index in [1.807, 2.05) is 12.1 Å². The summed E-state index contributed by atoms with van der Waals surface area (Å²) < 4.78 is 5.66. The molecule has 1 N–H and O–H groups in total. The zero-order valence-corrected chi connectivity index (χ0v) is 17.0. The molecule has 0 spiro atoms. The van der Waals surface area contributed by atoms with E-state index in [1.54, 1.807) is 18.2 Å². The molecule has 2 aromatic rings. The van der Waals surface area contributed by atoms with E-state index >= 15 is 0 Å². The van der Waals surface area contributed by atoms with E-state index in [-0.39, 0.29) is 12.5 Å². The van der Waals surface area contributed by atoms with Gasteiger partial charge in [0.1, 0.15) is 12.4 Å². The molecule has 1 aliphatic heterocycles. The maximum atomic E-state index is 12.6. The summed E-state index contributed by atoms with van der Waals surface area (Å²) in [7, 11) is 0. The average molecular weight is 415 g/mol. The van der Waals surface area contributed by atoms with Crippen molar-refractivity contribution in [2.24, 2.45) is 5.92 Å². The predicted octanol–water partition coefficient (Wildman–Crippen LogP) is 6.54. The Morgan fingerprint density at radius 1 is 1.07 bits per heavy atom. The van der Waals surface area contributed by atoms with Crippen molar-refractivity contribution in [3.8, 4) is 5.75 Å². The Morgan fingerprint density at radius 3 is 2.57 bits per heavy atom. The smallest absolute Gasteiger partial charge is 0.255 e. The summed E-state index contributed by atoms with van der Waals surface area (Å²) in [5.74, 6) is 1.05. The van der Waals surface area contributed by atoms with Gasteiger partial charge in [0.05, 0.1) is 10.6 Å². The maximum absolute atomic E-state index is 12.6. The third-order valence-electron chi connectivity index (χ3n) is 5.28. The SMILES string of the molecule is O=C(Nc1ccc([CH]C2CCCCC2)cc1)C1=Cc2cc(Cl)cc(Cl)c2OC1. The lowest BCUT2D eigenvalue weighted by Gasteiger charge is -2.21. The predicted molar refractivity (Wildman–Crippen MR) is 115 cm³/mol. The van der Waals surface area contributed by atoms with Crippen molar-refractivity contribution < 1.29 is 9.53 Å². The lowest BCUT2D eigenvalue weighted by atomic mass is 9.85. The highest BCUT2D eigenvalue weighted by molar-refractivity contribution is 6.36. The highest BCUT2D eigenvalue weighted by Gasteiger charge is 2.20. The number of carbonyl (C=O) groups excluding carboxylic acids is 1. The molecular weight excluding hydrogens is 393 g/mol. The van der Waals surface area contributed by atoms with Gasteiger partial charge in [-0.1, -0.05) is 54.6 Å². The van der Waals surface area contributed by atoms with Crippen molar-refractivity contribution in [3.05, 3.63) is 69.6 Å². The number of hydrogen-bond donors (Lipinski definition) is 1. The number of benzene rings is 2. The van der Waals surface area contributed by atoms with E-state index in [0.29, 0.717) is 32.8 Å². The molecule has 1 aliphatic carbocycles. The van der Waals surface area contributed by atoms with E-state index in [4.69, 9.17) is 27.9 Å². The second-order valence-corrected chi connectivity index (χ2v) is 8.25. The molecule has 0 atom stereocenters. The van der Waals surface area contributed by atoms with Gasteiger partial charge in [-0.3, -0.25) is 4.79 Å². The summed E-state index contributed by atoms with van der Waals surface area (Å²) in [6, 6.07) is 11.4. The van der Waals surface area contributed by atoms with Crippen molar-refractivity contribution in [1.29, 1.82) is 0 Å². The van der Waals surface area contributed by atoms with Crippen LogP contribution in [0.25, 0.3) is 6.08 Å². The van der Waals surface area contributed by atoms with Crippen LogP contribution in [0.15, 0.2) is 42.0 Å². The molecule has 0 unspecified atom stereocenters. The number of anilines is 1. The molecule has 1 saturated carbocycles. The van der Waals surface area contributed by atoms with Gasteiger partial charge in [0.15, 0.2) is 0 Å². The summed E-state index contributed by atoms with van der Waals surface area (Å²) in [6.45, 7) is 0.174. The molecule has 1 amide bonds. The number of amides is 1. The van der Waals surface area contributed by atoms with E-state index in [9.17, 15) is 4.79 Å². The number of fused-ring (bicyclic) bond motifs is 1. The van der Waals surface area contributed by atoms with Crippen LogP contribution < -0.4 is 10.1 Å². The molecule has 0 aromatic heterocycles. The minimum Gasteiger partial charge on any atom is -0.486 e. The summed E-state index contributed by atoms with van der Waals surface area (Å²) in [5, 5.41) is 3.89. The Bertz CT molecular complexity index is 900. The number of carbonyl (C=O) groups is 1. The molecule has 0 bridgehead atoms. The van der Waals surface area contributed by atoms with Gasteiger partial charge in [0.25, 0.3) is 5.91 Å². The van der Waals surface area contributed by atoms with Crippen LogP contribution in [0, 0.1) is 12.3 Å². The lowest BCUT2D eigenvalue weighted by Crippen LogP contribution is -2.21. The average Bonchev–Trinajstić information content (AvgIpc) is 2.69. The Kier molecular flexibility index (Phi) is 5.93. The number of hydrogen-bond acceptors (Lipinski definition) is 2. The van der Waals surface area contributed by atoms with Crippen molar-refractivity contribution in [3.63, 3.8) is 0 Å². The third-order valence-corrected chi connectivity index (χ3v) is 5.78. The monoisotopic (exact) mass is 414 g/mol. The molecule has 28 heavy (non-hydrogen) atoms. The van der Waals surface area contributed by atoms with Crippen molar-refractivity contribution in [2.45, 2.75) is 32.1 Å². The first-order valence-corrected chi connectivity index (χ1v) is 10.4. The molecule has 4 rings (SSSR count). The number of nitrogens with one attached hydrogen (secondary N) is 1. The topological polar surface area (TPSA) is 38.3 Å². The zero-order valence-electron chi connectivity index (χ0n) is 15.5. The number of rotatable bonds is 4. The molecule has 0 saturated heterocycles. The van der Waals surface area contributed by atoms with Crippen LogP contribution in [0.1, 0.15) is 43.2 Å². The van der Waals surface area contributed by atoms with Gasteiger partial charge in [0, 0.05) is 16.3 Å². The van der Waals surface area contributed by atoms with Gasteiger partial charge in [-0.25, -0.2) is 0 Å². The van der Waals surface area contributed by atoms with Crippen LogP contribution in [-0.4, -0.2) is 12.5 Å². The summed E-state index contributed by atoms with van der Waals surface area (Å²) in [5.41, 5.74) is 3.22. The molecule has 2 aliphatic rings. The molecule has 1 fully saturated rings. The molecule has 1 radical (unpaired) electrons. The molecule has 5 heteroatoms. The van der Waals surface area contributed by atoms with Gasteiger partial charge in [-0.05, 0) is 61.1 Å². The highest BCUT2D eigenvalue weighted by atomic mass is 35.5. The van der Waals surface area contributed by atoms with Crippen LogP contribution in [0.5, 0.6) is 5.75 Å². The summed E-state index contributed by atoms with van der Waals surface area (Å²) >= 11 is 12.2. The minimum absolute atomic E-state index is 0.174. The van der Waals surface area contributed by atoms with Gasteiger partial charge in [0.2, 0.25) is 0 Å². The fourth-order valence-electron chi connectivity index (χ4n) is 3.81. The Balaban J connectivity index is 1.41. The van der Waals surface area contributed by atoms with Gasteiger partial charge < -0.3 is 10.1 Å². The Labute approximate surface area is 175 Å². The molecule has 145 valence electrons. The van der Waals surface area contributed by atoms with Gasteiger partial charge in [-0.2, -0.15) is 0 Å². The van der Waals surface area contributed by atoms with E-state index in [2.05, 4.69) is 23.9 Å². The lowest BCUT2D eigenvalue weighted by molar-refractivity contribution is -0.113. The maximum Gasteiger partial charge on any atom is 0.255 e. The van der Waals surface area contributed by atoms with E-state index in [1.165, 1.54) is 37.7 Å². The van der Waals surface area contributed by atoms with Crippen molar-refractivity contribution >= 4 is 40.9 Å². The van der Waals surface area contributed by atoms with Crippen molar-refractivity contribution in [1.82, 2.24) is 0 Å². The first kappa shape index (κ1) is 19.4. The van der Waals surface area contributed by atoms with Crippen molar-refractivity contribution in [2.75, 3.05) is 11.9 Å². The van der Waals surface area contributed by atoms with Gasteiger partial charge in [-0.15, -0.1) is 0 Å². The van der Waals surface area contributed by atoms with Gasteiger partial charge >= 0.3 is 0 Å². The third kappa shape index (κ3) is 4.53. The van der Waals surface area contributed by atoms with Crippen LogP contribution in [-0.2, 0) is 4.79 Å². The Hall–Kier alpha value is -1.97. The van der Waals surface area contributed by atoms with Crippen LogP contribution in [0.2, 0.25) is 10.0 Å². The molecular formula is C23H22Cl2NO2.